The Kier molecular flexibility index (Phi) is 14.5. The first-order valence-corrected chi connectivity index (χ1v) is 11.6. The summed E-state index contributed by atoms with van der Waals surface area (Å²) >= 11 is 0. The molecule has 0 unspecified atom stereocenters. The van der Waals surface area contributed by atoms with Crippen molar-refractivity contribution in [2.75, 3.05) is 6.61 Å². The molecule has 1 rings (SSSR count). The van der Waals surface area contributed by atoms with Crippen LogP contribution in [0.4, 0.5) is 0 Å². The molecule has 1 saturated heterocycles. The standard InChI is InChI=1S/C22H43NO6/c1-2-3-4-5-6-7-8-9-10-11-12-13-14-15-18(26)23-22-20(28)19(27)21(29-22)17(25)16-24/h17,19-22,24-25,27-28H,2-16H2,1H3,(H,23,26)/t17-,19-,20-,21+,22+/m1/s1. The highest BCUT2D eigenvalue weighted by Gasteiger charge is 2.46. The lowest BCUT2D eigenvalue weighted by atomic mass is 10.0. The predicted octanol–water partition coefficient (Wildman–Crippen LogP) is 2.38. The van der Waals surface area contributed by atoms with Crippen molar-refractivity contribution in [1.29, 1.82) is 0 Å². The van der Waals surface area contributed by atoms with Gasteiger partial charge in [-0.25, -0.2) is 0 Å². The van der Waals surface area contributed by atoms with E-state index >= 15 is 0 Å². The van der Waals surface area contributed by atoms with Crippen molar-refractivity contribution in [3.05, 3.63) is 0 Å². The first-order valence-electron chi connectivity index (χ1n) is 11.6. The number of hydrogen-bond acceptors (Lipinski definition) is 6. The summed E-state index contributed by atoms with van der Waals surface area (Å²) in [5.41, 5.74) is 0. The molecule has 0 bridgehead atoms. The monoisotopic (exact) mass is 417 g/mol. The van der Waals surface area contributed by atoms with Crippen molar-refractivity contribution >= 4 is 5.91 Å². The van der Waals surface area contributed by atoms with Gasteiger partial charge >= 0.3 is 0 Å². The average Bonchev–Trinajstić information content (AvgIpc) is 2.99. The van der Waals surface area contributed by atoms with Crippen LogP contribution in [0.1, 0.15) is 96.8 Å². The number of carbonyl (C=O) groups excluding carboxylic acids is 1. The first kappa shape index (κ1) is 26.3. The lowest BCUT2D eigenvalue weighted by Crippen LogP contribution is -2.44. The van der Waals surface area contributed by atoms with Gasteiger partial charge in [-0.1, -0.05) is 84.0 Å². The van der Waals surface area contributed by atoms with Crippen LogP contribution in [0.2, 0.25) is 0 Å². The van der Waals surface area contributed by atoms with Gasteiger partial charge < -0.3 is 30.5 Å². The maximum Gasteiger partial charge on any atom is 0.222 e. The molecule has 1 aliphatic rings. The van der Waals surface area contributed by atoms with Gasteiger partial charge in [0.15, 0.2) is 6.23 Å². The smallest absolute Gasteiger partial charge is 0.222 e. The number of rotatable bonds is 17. The minimum absolute atomic E-state index is 0.247. The largest absolute Gasteiger partial charge is 0.394 e. The Bertz CT molecular complexity index is 422. The van der Waals surface area contributed by atoms with Gasteiger partial charge in [-0.2, -0.15) is 0 Å². The van der Waals surface area contributed by atoms with Crippen LogP contribution in [0.3, 0.4) is 0 Å². The van der Waals surface area contributed by atoms with Crippen LogP contribution in [0.25, 0.3) is 0 Å². The molecule has 0 spiro atoms. The molecule has 5 N–H and O–H groups in total. The summed E-state index contributed by atoms with van der Waals surface area (Å²) in [7, 11) is 0. The minimum atomic E-state index is -1.35. The summed E-state index contributed by atoms with van der Waals surface area (Å²) < 4.78 is 5.29. The van der Waals surface area contributed by atoms with Gasteiger partial charge in [-0.15, -0.1) is 0 Å². The number of unbranched alkanes of at least 4 members (excludes halogenated alkanes) is 12. The van der Waals surface area contributed by atoms with E-state index < -0.39 is 37.3 Å². The molecule has 7 heteroatoms. The number of ether oxygens (including phenoxy) is 1. The van der Waals surface area contributed by atoms with Crippen molar-refractivity contribution in [3.8, 4) is 0 Å². The second-order valence-electron chi connectivity index (χ2n) is 8.31. The van der Waals surface area contributed by atoms with Crippen LogP contribution < -0.4 is 5.32 Å². The van der Waals surface area contributed by atoms with E-state index in [1.54, 1.807) is 0 Å². The zero-order valence-electron chi connectivity index (χ0n) is 18.1. The van der Waals surface area contributed by atoms with Gasteiger partial charge in [0.25, 0.3) is 0 Å². The molecule has 7 nitrogen and oxygen atoms in total. The molecule has 1 fully saturated rings. The van der Waals surface area contributed by atoms with Gasteiger partial charge in [-0.3, -0.25) is 4.79 Å². The SMILES string of the molecule is CCCCCCCCCCCCCCCC(=O)N[C@H]1O[C@@H]([C@H](O)CO)[C@H](O)[C@H]1O. The Morgan fingerprint density at radius 2 is 1.34 bits per heavy atom. The normalized spacial score (nSPS) is 25.3. The Hall–Kier alpha value is -0.730. The van der Waals surface area contributed by atoms with Gasteiger partial charge in [0.1, 0.15) is 24.4 Å². The minimum Gasteiger partial charge on any atom is -0.394 e. The summed E-state index contributed by atoms with van der Waals surface area (Å²) in [6.07, 6.45) is 10.3. The molecule has 1 aliphatic heterocycles. The highest BCUT2D eigenvalue weighted by Crippen LogP contribution is 2.22. The molecule has 0 aliphatic carbocycles. The number of aliphatic hydroxyl groups excluding tert-OH is 4. The molecule has 29 heavy (non-hydrogen) atoms. The molecule has 5 atom stereocenters. The predicted molar refractivity (Wildman–Crippen MR) is 112 cm³/mol. The van der Waals surface area contributed by atoms with E-state index in [0.29, 0.717) is 6.42 Å². The van der Waals surface area contributed by atoms with E-state index in [-0.39, 0.29) is 5.91 Å². The van der Waals surface area contributed by atoms with Gasteiger partial charge in [0, 0.05) is 6.42 Å². The van der Waals surface area contributed by atoms with Gasteiger partial charge in [0.05, 0.1) is 6.61 Å². The van der Waals surface area contributed by atoms with E-state index in [1.165, 1.54) is 64.2 Å². The molecule has 0 saturated carbocycles. The van der Waals surface area contributed by atoms with Gasteiger partial charge in [0.2, 0.25) is 5.91 Å². The van der Waals surface area contributed by atoms with Crippen LogP contribution in [0.15, 0.2) is 0 Å². The molecule has 0 aromatic heterocycles. The summed E-state index contributed by atoms with van der Waals surface area (Å²) in [6, 6.07) is 0. The topological polar surface area (TPSA) is 119 Å². The summed E-state index contributed by atoms with van der Waals surface area (Å²) in [5, 5.41) is 40.8. The Labute approximate surface area is 175 Å². The number of aliphatic hydroxyl groups is 4. The molecule has 172 valence electrons. The number of amides is 1. The molecular formula is C22H43NO6. The highest BCUT2D eigenvalue weighted by atomic mass is 16.6. The Morgan fingerprint density at radius 1 is 0.862 bits per heavy atom. The second kappa shape index (κ2) is 16.0. The molecule has 1 amide bonds. The summed E-state index contributed by atoms with van der Waals surface area (Å²) in [5.74, 6) is -0.247. The quantitative estimate of drug-likeness (QED) is 0.232. The first-order chi connectivity index (χ1) is 14.0. The molecule has 0 radical (unpaired) electrons. The van der Waals surface area contributed by atoms with E-state index in [1.807, 2.05) is 0 Å². The lowest BCUT2D eigenvalue weighted by molar-refractivity contribution is -0.129. The third-order valence-electron chi connectivity index (χ3n) is 5.68. The average molecular weight is 418 g/mol. The van der Waals surface area contributed by atoms with Crippen LogP contribution in [0.5, 0.6) is 0 Å². The van der Waals surface area contributed by atoms with Crippen molar-refractivity contribution in [2.24, 2.45) is 0 Å². The third kappa shape index (κ3) is 10.7. The van der Waals surface area contributed by atoms with Crippen LogP contribution in [-0.4, -0.2) is 63.6 Å². The molecule has 0 aromatic rings. The Balaban J connectivity index is 1.98. The zero-order valence-corrected chi connectivity index (χ0v) is 18.1. The molecule has 1 heterocycles. The van der Waals surface area contributed by atoms with E-state index in [4.69, 9.17) is 9.84 Å². The fourth-order valence-corrected chi connectivity index (χ4v) is 3.78. The van der Waals surface area contributed by atoms with Crippen LogP contribution in [0, 0.1) is 0 Å². The van der Waals surface area contributed by atoms with Gasteiger partial charge in [-0.05, 0) is 6.42 Å². The zero-order chi connectivity index (χ0) is 21.5. The molecular weight excluding hydrogens is 374 g/mol. The summed E-state index contributed by atoms with van der Waals surface area (Å²) in [4.78, 5) is 12.0. The van der Waals surface area contributed by atoms with Crippen LogP contribution in [-0.2, 0) is 9.53 Å². The fraction of sp³-hybridized carbons (Fsp3) is 0.955. The summed E-state index contributed by atoms with van der Waals surface area (Å²) in [6.45, 7) is 1.65. The fourth-order valence-electron chi connectivity index (χ4n) is 3.78. The number of nitrogens with one attached hydrogen (secondary N) is 1. The molecule has 0 aromatic carbocycles. The van der Waals surface area contributed by atoms with E-state index in [9.17, 15) is 20.1 Å². The van der Waals surface area contributed by atoms with E-state index in [2.05, 4.69) is 12.2 Å². The second-order valence-corrected chi connectivity index (χ2v) is 8.31. The third-order valence-corrected chi connectivity index (χ3v) is 5.68. The maximum absolute atomic E-state index is 12.0. The van der Waals surface area contributed by atoms with E-state index in [0.717, 1.165) is 19.3 Å². The van der Waals surface area contributed by atoms with Crippen LogP contribution >= 0.6 is 0 Å². The lowest BCUT2D eigenvalue weighted by Gasteiger charge is -2.18. The Morgan fingerprint density at radius 3 is 1.83 bits per heavy atom. The maximum atomic E-state index is 12.0. The van der Waals surface area contributed by atoms with Crippen molar-refractivity contribution in [2.45, 2.75) is 127 Å². The number of hydrogen-bond donors (Lipinski definition) is 5. The van der Waals surface area contributed by atoms with Crippen molar-refractivity contribution in [1.82, 2.24) is 5.32 Å². The van der Waals surface area contributed by atoms with Crippen molar-refractivity contribution in [3.63, 3.8) is 0 Å². The highest BCUT2D eigenvalue weighted by molar-refractivity contribution is 5.76. The van der Waals surface area contributed by atoms with Crippen molar-refractivity contribution < 1.29 is 30.0 Å². The number of carbonyl (C=O) groups is 1.